The summed E-state index contributed by atoms with van der Waals surface area (Å²) < 4.78 is 0. The number of terminal acetylenes is 1. The van der Waals surface area contributed by atoms with E-state index < -0.39 is 11.9 Å². The van der Waals surface area contributed by atoms with E-state index in [2.05, 4.69) is 5.92 Å². The third-order valence-corrected chi connectivity index (χ3v) is 2.61. The van der Waals surface area contributed by atoms with Gasteiger partial charge in [0.15, 0.2) is 0 Å². The molecule has 0 spiro atoms. The highest BCUT2D eigenvalue weighted by molar-refractivity contribution is 5.78. The maximum absolute atomic E-state index is 11.6. The van der Waals surface area contributed by atoms with Gasteiger partial charge < -0.3 is 10.0 Å². The summed E-state index contributed by atoms with van der Waals surface area (Å²) in [6.45, 7) is 0.992. The highest BCUT2D eigenvalue weighted by Gasteiger charge is 2.27. The molecule has 0 aromatic carbocycles. The van der Waals surface area contributed by atoms with Crippen LogP contribution in [-0.4, -0.2) is 35.0 Å². The molecule has 4 nitrogen and oxygen atoms in total. The van der Waals surface area contributed by atoms with Gasteiger partial charge in [0.1, 0.15) is 0 Å². The first-order chi connectivity index (χ1) is 7.15. The Morgan fingerprint density at radius 3 is 2.87 bits per heavy atom. The molecule has 82 valence electrons. The lowest BCUT2D eigenvalue weighted by Gasteiger charge is -2.30. The summed E-state index contributed by atoms with van der Waals surface area (Å²) in [4.78, 5) is 23.9. The van der Waals surface area contributed by atoms with Crippen molar-refractivity contribution in [1.29, 1.82) is 0 Å². The summed E-state index contributed by atoms with van der Waals surface area (Å²) in [5.41, 5.74) is 0. The van der Waals surface area contributed by atoms with Crippen LogP contribution in [0.3, 0.4) is 0 Å². The lowest BCUT2D eigenvalue weighted by molar-refractivity contribution is -0.145. The Bertz CT molecular complexity index is 293. The van der Waals surface area contributed by atoms with Crippen LogP contribution in [0.5, 0.6) is 0 Å². The first-order valence-corrected chi connectivity index (χ1v) is 5.09. The highest BCUT2D eigenvalue weighted by atomic mass is 16.4. The van der Waals surface area contributed by atoms with Crippen molar-refractivity contribution in [1.82, 2.24) is 4.90 Å². The van der Waals surface area contributed by atoms with E-state index in [1.54, 1.807) is 4.90 Å². The number of piperidine rings is 1. The van der Waals surface area contributed by atoms with Crippen molar-refractivity contribution in [3.8, 4) is 12.3 Å². The zero-order valence-corrected chi connectivity index (χ0v) is 8.61. The van der Waals surface area contributed by atoms with Crippen LogP contribution in [0.2, 0.25) is 0 Å². The maximum atomic E-state index is 11.6. The molecule has 1 amide bonds. The minimum Gasteiger partial charge on any atom is -0.481 e. The summed E-state index contributed by atoms with van der Waals surface area (Å²) in [5.74, 6) is 1.15. The average Bonchev–Trinajstić information content (AvgIpc) is 2.26. The fourth-order valence-corrected chi connectivity index (χ4v) is 1.74. The Morgan fingerprint density at radius 1 is 1.53 bits per heavy atom. The number of hydrogen-bond donors (Lipinski definition) is 1. The lowest BCUT2D eigenvalue weighted by atomic mass is 9.98. The van der Waals surface area contributed by atoms with Crippen molar-refractivity contribution in [2.24, 2.45) is 5.92 Å². The Kier molecular flexibility index (Phi) is 4.17. The second kappa shape index (κ2) is 5.40. The number of carbonyl (C=O) groups excluding carboxylic acids is 1. The quantitative estimate of drug-likeness (QED) is 0.697. The standard InChI is InChI=1S/C11H15NO3/c1-2-3-6-10(13)12-7-4-5-9(8-12)11(14)15/h1,9H,3-8H2,(H,14,15)/t9-/m1/s1. The molecule has 1 fully saturated rings. The Labute approximate surface area is 89.3 Å². The number of carboxylic acid groups (broad SMARTS) is 1. The zero-order chi connectivity index (χ0) is 11.3. The van der Waals surface area contributed by atoms with E-state index in [0.29, 0.717) is 32.4 Å². The minimum atomic E-state index is -0.815. The number of nitrogens with zero attached hydrogens (tertiary/aromatic N) is 1. The van der Waals surface area contributed by atoms with Gasteiger partial charge in [-0.1, -0.05) is 0 Å². The van der Waals surface area contributed by atoms with Crippen LogP contribution in [0.4, 0.5) is 0 Å². The number of carboxylic acids is 1. The first-order valence-electron chi connectivity index (χ1n) is 5.09. The smallest absolute Gasteiger partial charge is 0.308 e. The summed E-state index contributed by atoms with van der Waals surface area (Å²) >= 11 is 0. The number of likely N-dealkylation sites (tertiary alicyclic amines) is 1. The molecule has 0 saturated carbocycles. The van der Waals surface area contributed by atoms with Crippen molar-refractivity contribution in [2.45, 2.75) is 25.7 Å². The third-order valence-electron chi connectivity index (χ3n) is 2.61. The topological polar surface area (TPSA) is 57.6 Å². The number of aliphatic carboxylic acids is 1. The van der Waals surface area contributed by atoms with Gasteiger partial charge in [0.2, 0.25) is 5.91 Å². The molecule has 0 aliphatic carbocycles. The molecular weight excluding hydrogens is 194 g/mol. The molecule has 1 aliphatic rings. The van der Waals surface area contributed by atoms with Gasteiger partial charge in [-0.15, -0.1) is 12.3 Å². The SMILES string of the molecule is C#CCCC(=O)N1CCC[C@@H](C(=O)O)C1. The summed E-state index contributed by atoms with van der Waals surface area (Å²) in [5, 5.41) is 8.84. The molecule has 0 aromatic rings. The van der Waals surface area contributed by atoms with E-state index in [1.807, 2.05) is 0 Å². The van der Waals surface area contributed by atoms with Crippen LogP contribution in [-0.2, 0) is 9.59 Å². The van der Waals surface area contributed by atoms with Crippen LogP contribution in [0.1, 0.15) is 25.7 Å². The van der Waals surface area contributed by atoms with Gasteiger partial charge in [-0.05, 0) is 12.8 Å². The number of carbonyl (C=O) groups is 2. The molecule has 0 bridgehead atoms. The molecule has 0 aromatic heterocycles. The first kappa shape index (κ1) is 11.6. The van der Waals surface area contributed by atoms with Crippen molar-refractivity contribution in [3.63, 3.8) is 0 Å². The van der Waals surface area contributed by atoms with E-state index in [1.165, 1.54) is 0 Å². The molecule has 1 aliphatic heterocycles. The monoisotopic (exact) mass is 209 g/mol. The summed E-state index contributed by atoms with van der Waals surface area (Å²) in [6, 6.07) is 0. The van der Waals surface area contributed by atoms with Gasteiger partial charge in [-0.2, -0.15) is 0 Å². The highest BCUT2D eigenvalue weighted by Crippen LogP contribution is 2.17. The van der Waals surface area contributed by atoms with Crippen LogP contribution < -0.4 is 0 Å². The fourth-order valence-electron chi connectivity index (χ4n) is 1.74. The van der Waals surface area contributed by atoms with E-state index in [4.69, 9.17) is 11.5 Å². The number of hydrogen-bond acceptors (Lipinski definition) is 2. The molecular formula is C11H15NO3. The normalized spacial score (nSPS) is 20.7. The number of rotatable bonds is 3. The second-order valence-corrected chi connectivity index (χ2v) is 3.72. The Hall–Kier alpha value is -1.50. The zero-order valence-electron chi connectivity index (χ0n) is 8.61. The molecule has 1 atom stereocenters. The maximum Gasteiger partial charge on any atom is 0.308 e. The molecule has 15 heavy (non-hydrogen) atoms. The molecule has 0 unspecified atom stereocenters. The van der Waals surface area contributed by atoms with E-state index in [9.17, 15) is 9.59 Å². The van der Waals surface area contributed by atoms with Crippen molar-refractivity contribution < 1.29 is 14.7 Å². The fraction of sp³-hybridized carbons (Fsp3) is 0.636. The lowest BCUT2D eigenvalue weighted by Crippen LogP contribution is -2.42. The van der Waals surface area contributed by atoms with Crippen molar-refractivity contribution in [3.05, 3.63) is 0 Å². The van der Waals surface area contributed by atoms with Crippen LogP contribution >= 0.6 is 0 Å². The van der Waals surface area contributed by atoms with Crippen molar-refractivity contribution in [2.75, 3.05) is 13.1 Å². The van der Waals surface area contributed by atoms with Crippen molar-refractivity contribution >= 4 is 11.9 Å². The van der Waals surface area contributed by atoms with E-state index in [0.717, 1.165) is 6.42 Å². The van der Waals surface area contributed by atoms with Gasteiger partial charge in [0.05, 0.1) is 5.92 Å². The van der Waals surface area contributed by atoms with Gasteiger partial charge in [0, 0.05) is 25.9 Å². The second-order valence-electron chi connectivity index (χ2n) is 3.72. The molecule has 1 rings (SSSR count). The van der Waals surface area contributed by atoms with Crippen LogP contribution in [0.25, 0.3) is 0 Å². The van der Waals surface area contributed by atoms with E-state index in [-0.39, 0.29) is 5.91 Å². The third kappa shape index (κ3) is 3.28. The van der Waals surface area contributed by atoms with Gasteiger partial charge in [-0.3, -0.25) is 9.59 Å². The predicted octanol–water partition coefficient (Wildman–Crippen LogP) is 0.723. The molecule has 4 heteroatoms. The summed E-state index contributed by atoms with van der Waals surface area (Å²) in [6.07, 6.45) is 7.24. The average molecular weight is 209 g/mol. The van der Waals surface area contributed by atoms with Crippen LogP contribution in [0.15, 0.2) is 0 Å². The molecule has 0 radical (unpaired) electrons. The molecule has 1 heterocycles. The molecule has 1 saturated heterocycles. The Balaban J connectivity index is 2.45. The van der Waals surface area contributed by atoms with E-state index >= 15 is 0 Å². The van der Waals surface area contributed by atoms with Crippen LogP contribution in [0, 0.1) is 18.3 Å². The number of amides is 1. The van der Waals surface area contributed by atoms with Gasteiger partial charge >= 0.3 is 5.97 Å². The largest absolute Gasteiger partial charge is 0.481 e. The Morgan fingerprint density at radius 2 is 2.27 bits per heavy atom. The summed E-state index contributed by atoms with van der Waals surface area (Å²) in [7, 11) is 0. The molecule has 1 N–H and O–H groups in total. The minimum absolute atomic E-state index is 0.0288. The van der Waals surface area contributed by atoms with Gasteiger partial charge in [-0.25, -0.2) is 0 Å². The van der Waals surface area contributed by atoms with Gasteiger partial charge in [0.25, 0.3) is 0 Å². The predicted molar refractivity (Wildman–Crippen MR) is 55.0 cm³/mol.